The Hall–Kier alpha value is -3.10. The van der Waals surface area contributed by atoms with Crippen molar-refractivity contribution in [3.05, 3.63) is 59.7 Å². The Morgan fingerprint density at radius 2 is 1.29 bits per heavy atom. The number of carbonyl (C=O) groups is 2. The molecule has 2 amide bonds. The Balaban J connectivity index is 1.08. The molecule has 8 heteroatoms. The monoisotopic (exact) mass is 466 g/mol. The van der Waals surface area contributed by atoms with Crippen molar-refractivity contribution in [1.29, 1.82) is 0 Å². The van der Waals surface area contributed by atoms with Crippen LogP contribution in [0.1, 0.15) is 17.5 Å². The molecule has 0 saturated carbocycles. The average molecular weight is 467 g/mol. The molecular formula is C26H30N2O6. The summed E-state index contributed by atoms with van der Waals surface area (Å²) in [6.45, 7) is 3.61. The first-order valence-corrected chi connectivity index (χ1v) is 11.9. The molecule has 3 unspecified atom stereocenters. The molecule has 2 N–H and O–H groups in total. The Morgan fingerprint density at radius 1 is 0.765 bits per heavy atom. The topological polar surface area (TPSA) is 98.4 Å². The van der Waals surface area contributed by atoms with Gasteiger partial charge in [0.1, 0.15) is 23.6 Å². The molecule has 3 aliphatic rings. The molecule has 180 valence electrons. The van der Waals surface area contributed by atoms with Gasteiger partial charge < -0.3 is 29.6 Å². The van der Waals surface area contributed by atoms with E-state index in [0.717, 1.165) is 48.9 Å². The van der Waals surface area contributed by atoms with E-state index in [2.05, 4.69) is 10.6 Å². The zero-order valence-corrected chi connectivity index (χ0v) is 19.0. The van der Waals surface area contributed by atoms with Gasteiger partial charge in [-0.15, -0.1) is 0 Å². The van der Waals surface area contributed by atoms with E-state index < -0.39 is 12.1 Å². The largest absolute Gasteiger partial charge is 0.493 e. The van der Waals surface area contributed by atoms with E-state index in [9.17, 15) is 9.59 Å². The van der Waals surface area contributed by atoms with Crippen LogP contribution in [0.15, 0.2) is 48.5 Å². The number of rotatable bonds is 11. The second-order valence-corrected chi connectivity index (χ2v) is 9.13. The SMILES string of the molecule is O=C1NC(Cc2ccc(OCC3COC3)cc2)C(=O)NC1Cc1ccc(OCCC2CO2)cc1. The fourth-order valence-electron chi connectivity index (χ4n) is 4.02. The Kier molecular flexibility index (Phi) is 6.97. The quantitative estimate of drug-likeness (QED) is 0.489. The van der Waals surface area contributed by atoms with Crippen LogP contribution in [0, 0.1) is 5.92 Å². The summed E-state index contributed by atoms with van der Waals surface area (Å²) in [5.74, 6) is 1.71. The van der Waals surface area contributed by atoms with Crippen molar-refractivity contribution in [2.24, 2.45) is 5.92 Å². The van der Waals surface area contributed by atoms with Gasteiger partial charge in [-0.05, 0) is 35.4 Å². The third-order valence-electron chi connectivity index (χ3n) is 6.30. The third kappa shape index (κ3) is 6.07. The lowest BCUT2D eigenvalue weighted by Crippen LogP contribution is -2.62. The highest BCUT2D eigenvalue weighted by atomic mass is 16.6. The van der Waals surface area contributed by atoms with Crippen LogP contribution in [-0.4, -0.2) is 63.0 Å². The molecule has 0 spiro atoms. The van der Waals surface area contributed by atoms with E-state index in [1.807, 2.05) is 48.5 Å². The lowest BCUT2D eigenvalue weighted by atomic mass is 9.98. The standard InChI is InChI=1S/C26H30N2O6/c29-25-23(11-17-1-5-20(6-2-17)32-10-9-22-16-34-22)27-26(30)24(28-25)12-18-3-7-21(8-4-18)33-15-19-13-31-14-19/h1-8,19,22-24H,9-16H2,(H,27,30)(H,28,29). The molecule has 3 fully saturated rings. The molecule has 3 saturated heterocycles. The maximum atomic E-state index is 12.7. The summed E-state index contributed by atoms with van der Waals surface area (Å²) in [5, 5.41) is 5.76. The average Bonchev–Trinajstić information content (AvgIpc) is 3.63. The molecule has 3 heterocycles. The molecular weight excluding hydrogens is 436 g/mol. The van der Waals surface area contributed by atoms with Crippen molar-refractivity contribution in [3.63, 3.8) is 0 Å². The predicted octanol–water partition coefficient (Wildman–Crippen LogP) is 1.65. The predicted molar refractivity (Wildman–Crippen MR) is 124 cm³/mol. The highest BCUT2D eigenvalue weighted by Gasteiger charge is 2.33. The van der Waals surface area contributed by atoms with Crippen molar-refractivity contribution < 1.29 is 28.5 Å². The number of ether oxygens (including phenoxy) is 4. The lowest BCUT2D eigenvalue weighted by Gasteiger charge is -2.30. The number of piperazine rings is 1. The van der Waals surface area contributed by atoms with Gasteiger partial charge in [0.05, 0.1) is 39.1 Å². The number of hydrogen-bond donors (Lipinski definition) is 2. The number of hydrogen-bond acceptors (Lipinski definition) is 6. The first kappa shape index (κ1) is 22.7. The molecule has 2 aromatic carbocycles. The van der Waals surface area contributed by atoms with E-state index in [-0.39, 0.29) is 11.8 Å². The minimum absolute atomic E-state index is 0.169. The van der Waals surface area contributed by atoms with Gasteiger partial charge >= 0.3 is 0 Å². The van der Waals surface area contributed by atoms with E-state index in [0.29, 0.717) is 38.1 Å². The summed E-state index contributed by atoms with van der Waals surface area (Å²) in [7, 11) is 0. The first-order chi connectivity index (χ1) is 16.6. The van der Waals surface area contributed by atoms with Crippen molar-refractivity contribution in [1.82, 2.24) is 10.6 Å². The normalized spacial score (nSPS) is 24.1. The highest BCUT2D eigenvalue weighted by Crippen LogP contribution is 2.19. The summed E-state index contributed by atoms with van der Waals surface area (Å²) >= 11 is 0. The van der Waals surface area contributed by atoms with Gasteiger partial charge in [-0.25, -0.2) is 0 Å². The smallest absolute Gasteiger partial charge is 0.243 e. The van der Waals surface area contributed by atoms with Crippen LogP contribution in [0.5, 0.6) is 11.5 Å². The highest BCUT2D eigenvalue weighted by molar-refractivity contribution is 5.97. The Morgan fingerprint density at radius 3 is 1.76 bits per heavy atom. The van der Waals surface area contributed by atoms with Crippen molar-refractivity contribution >= 4 is 11.8 Å². The van der Waals surface area contributed by atoms with E-state index in [4.69, 9.17) is 18.9 Å². The summed E-state index contributed by atoms with van der Waals surface area (Å²) in [6, 6.07) is 14.1. The molecule has 0 aliphatic carbocycles. The summed E-state index contributed by atoms with van der Waals surface area (Å²) in [6.07, 6.45) is 2.10. The van der Waals surface area contributed by atoms with Crippen LogP contribution >= 0.6 is 0 Å². The zero-order valence-electron chi connectivity index (χ0n) is 19.0. The van der Waals surface area contributed by atoms with Gasteiger partial charge in [0.2, 0.25) is 11.8 Å². The number of carbonyl (C=O) groups excluding carboxylic acids is 2. The Bertz CT molecular complexity index is 985. The molecule has 3 atom stereocenters. The minimum atomic E-state index is -0.589. The maximum Gasteiger partial charge on any atom is 0.243 e. The second kappa shape index (κ2) is 10.4. The Labute approximate surface area is 198 Å². The number of nitrogens with one attached hydrogen (secondary N) is 2. The number of amides is 2. The minimum Gasteiger partial charge on any atom is -0.493 e. The molecule has 34 heavy (non-hydrogen) atoms. The molecule has 2 aromatic rings. The molecule has 3 aliphatic heterocycles. The van der Waals surface area contributed by atoms with Crippen molar-refractivity contribution in [2.75, 3.05) is 33.0 Å². The number of epoxide rings is 1. The van der Waals surface area contributed by atoms with Gasteiger partial charge in [-0.2, -0.15) is 0 Å². The van der Waals surface area contributed by atoms with E-state index >= 15 is 0 Å². The van der Waals surface area contributed by atoms with E-state index in [1.54, 1.807) is 0 Å². The molecule has 8 nitrogen and oxygen atoms in total. The summed E-state index contributed by atoms with van der Waals surface area (Å²) < 4.78 is 21.8. The first-order valence-electron chi connectivity index (χ1n) is 11.9. The van der Waals surface area contributed by atoms with Gasteiger partial charge in [0.25, 0.3) is 0 Å². The summed E-state index contributed by atoms with van der Waals surface area (Å²) in [5.41, 5.74) is 1.92. The molecule has 0 radical (unpaired) electrons. The molecule has 0 aromatic heterocycles. The molecule has 0 bridgehead atoms. The van der Waals surface area contributed by atoms with Crippen LogP contribution in [0.25, 0.3) is 0 Å². The van der Waals surface area contributed by atoms with Crippen LogP contribution in [0.2, 0.25) is 0 Å². The van der Waals surface area contributed by atoms with Gasteiger partial charge in [-0.1, -0.05) is 24.3 Å². The van der Waals surface area contributed by atoms with Crippen LogP contribution in [-0.2, 0) is 31.9 Å². The van der Waals surface area contributed by atoms with E-state index in [1.165, 1.54) is 0 Å². The van der Waals surface area contributed by atoms with Crippen LogP contribution in [0.3, 0.4) is 0 Å². The fraction of sp³-hybridized carbons (Fsp3) is 0.462. The number of benzene rings is 2. The zero-order chi connectivity index (χ0) is 23.3. The lowest BCUT2D eigenvalue weighted by molar-refractivity contribution is -0.136. The summed E-state index contributed by atoms with van der Waals surface area (Å²) in [4.78, 5) is 25.3. The fourth-order valence-corrected chi connectivity index (χ4v) is 4.02. The van der Waals surface area contributed by atoms with Gasteiger partial charge in [0.15, 0.2) is 0 Å². The van der Waals surface area contributed by atoms with Gasteiger partial charge in [0, 0.05) is 25.2 Å². The second-order valence-electron chi connectivity index (χ2n) is 9.13. The third-order valence-corrected chi connectivity index (χ3v) is 6.30. The maximum absolute atomic E-state index is 12.7. The van der Waals surface area contributed by atoms with Crippen LogP contribution < -0.4 is 20.1 Å². The van der Waals surface area contributed by atoms with Crippen molar-refractivity contribution in [3.8, 4) is 11.5 Å². The van der Waals surface area contributed by atoms with Crippen molar-refractivity contribution in [2.45, 2.75) is 37.5 Å². The van der Waals surface area contributed by atoms with Gasteiger partial charge in [-0.3, -0.25) is 9.59 Å². The van der Waals surface area contributed by atoms with Crippen LogP contribution in [0.4, 0.5) is 0 Å². The molecule has 5 rings (SSSR count).